The summed E-state index contributed by atoms with van der Waals surface area (Å²) in [5.41, 5.74) is 4.42. The number of aromatic nitrogens is 1. The molecule has 0 saturated carbocycles. The number of hydrazone groups is 1. The summed E-state index contributed by atoms with van der Waals surface area (Å²) in [5, 5.41) is 6.56. The summed E-state index contributed by atoms with van der Waals surface area (Å²) < 4.78 is 10.9. The molecule has 1 N–H and O–H groups in total. The summed E-state index contributed by atoms with van der Waals surface area (Å²) in [7, 11) is 1.62. The van der Waals surface area contributed by atoms with Crippen molar-refractivity contribution in [2.24, 2.45) is 5.10 Å². The first-order chi connectivity index (χ1) is 11.1. The number of carbonyl (C=O) groups excluding carboxylic acids is 1. The van der Waals surface area contributed by atoms with Gasteiger partial charge in [0.25, 0.3) is 0 Å². The van der Waals surface area contributed by atoms with Gasteiger partial charge in [-0.15, -0.1) is 11.3 Å². The van der Waals surface area contributed by atoms with Crippen LogP contribution in [0.3, 0.4) is 0 Å². The van der Waals surface area contributed by atoms with Crippen molar-refractivity contribution in [2.45, 2.75) is 13.3 Å². The Balaban J connectivity index is 1.93. The molecule has 0 fully saturated rings. The third-order valence-corrected chi connectivity index (χ3v) is 4.24. The predicted octanol–water partition coefficient (Wildman–Crippen LogP) is 3.47. The molecule has 122 valence electrons. The molecule has 8 heteroatoms. The lowest BCUT2D eigenvalue weighted by molar-refractivity contribution is -0.142. The quantitative estimate of drug-likeness (QED) is 0.439. The lowest BCUT2D eigenvalue weighted by atomic mass is 10.2. The fourth-order valence-corrected chi connectivity index (χ4v) is 2.82. The number of carbonyl (C=O) groups is 1. The van der Waals surface area contributed by atoms with E-state index in [2.05, 4.69) is 31.4 Å². The van der Waals surface area contributed by atoms with E-state index in [0.717, 1.165) is 15.8 Å². The largest absolute Gasteiger partial charge is 0.497 e. The molecule has 0 aliphatic carbocycles. The maximum Gasteiger partial charge on any atom is 0.311 e. The molecule has 1 aromatic carbocycles. The lowest BCUT2D eigenvalue weighted by Gasteiger charge is -2.02. The number of methoxy groups -OCH3 is 1. The lowest BCUT2D eigenvalue weighted by Crippen LogP contribution is -2.07. The SMILES string of the molecule is CCOC(=O)Cc1csc(NN=Cc2ccc(OC)cc2Br)n1. The van der Waals surface area contributed by atoms with Crippen LogP contribution in [0.4, 0.5) is 5.13 Å². The molecular formula is C15H16BrN3O3S. The van der Waals surface area contributed by atoms with Crippen molar-refractivity contribution in [3.8, 4) is 5.75 Å². The van der Waals surface area contributed by atoms with Gasteiger partial charge in [0.15, 0.2) is 0 Å². The highest BCUT2D eigenvalue weighted by atomic mass is 79.9. The van der Waals surface area contributed by atoms with Crippen molar-refractivity contribution in [1.29, 1.82) is 0 Å². The van der Waals surface area contributed by atoms with Gasteiger partial charge in [0.05, 0.1) is 32.0 Å². The number of esters is 1. The second-order valence-corrected chi connectivity index (χ2v) is 6.10. The number of anilines is 1. The Kier molecular flexibility index (Phi) is 6.54. The molecule has 6 nitrogen and oxygen atoms in total. The van der Waals surface area contributed by atoms with Crippen molar-refractivity contribution in [3.63, 3.8) is 0 Å². The first-order valence-electron chi connectivity index (χ1n) is 6.85. The average Bonchev–Trinajstić information content (AvgIpc) is 2.96. The van der Waals surface area contributed by atoms with Gasteiger partial charge in [-0.25, -0.2) is 4.98 Å². The van der Waals surface area contributed by atoms with E-state index >= 15 is 0 Å². The van der Waals surface area contributed by atoms with Gasteiger partial charge in [0.2, 0.25) is 5.13 Å². The Morgan fingerprint density at radius 2 is 2.35 bits per heavy atom. The molecule has 2 aromatic rings. The van der Waals surface area contributed by atoms with Crippen LogP contribution in [-0.2, 0) is 16.0 Å². The van der Waals surface area contributed by atoms with Crippen LogP contribution in [0.2, 0.25) is 0 Å². The van der Waals surface area contributed by atoms with Crippen LogP contribution in [0, 0.1) is 0 Å². The van der Waals surface area contributed by atoms with Crippen LogP contribution in [-0.4, -0.2) is 30.9 Å². The summed E-state index contributed by atoms with van der Waals surface area (Å²) >= 11 is 4.84. The zero-order chi connectivity index (χ0) is 16.7. The van der Waals surface area contributed by atoms with Gasteiger partial charge < -0.3 is 9.47 Å². The van der Waals surface area contributed by atoms with E-state index in [1.54, 1.807) is 25.6 Å². The summed E-state index contributed by atoms with van der Waals surface area (Å²) in [6.07, 6.45) is 1.84. The van der Waals surface area contributed by atoms with Gasteiger partial charge in [-0.1, -0.05) is 0 Å². The Morgan fingerprint density at radius 1 is 1.52 bits per heavy atom. The van der Waals surface area contributed by atoms with Crippen LogP contribution in [0.25, 0.3) is 0 Å². The van der Waals surface area contributed by atoms with Crippen LogP contribution in [0.5, 0.6) is 5.75 Å². The second-order valence-electron chi connectivity index (χ2n) is 4.38. The second kappa shape index (κ2) is 8.64. The monoisotopic (exact) mass is 397 g/mol. The predicted molar refractivity (Wildman–Crippen MR) is 94.4 cm³/mol. The van der Waals surface area contributed by atoms with E-state index in [4.69, 9.17) is 9.47 Å². The molecule has 0 spiro atoms. The van der Waals surface area contributed by atoms with Crippen LogP contribution in [0.15, 0.2) is 33.2 Å². The molecule has 0 radical (unpaired) electrons. The van der Waals surface area contributed by atoms with Crippen LogP contribution >= 0.6 is 27.3 Å². The Bertz CT molecular complexity index is 703. The molecule has 1 heterocycles. The standard InChI is InChI=1S/C15H16BrN3O3S/c1-3-22-14(20)6-11-9-23-15(18-11)19-17-8-10-4-5-12(21-2)7-13(10)16/h4-5,7-9H,3,6H2,1-2H3,(H,18,19). The molecule has 0 unspecified atom stereocenters. The molecule has 1 aromatic heterocycles. The maximum absolute atomic E-state index is 11.4. The van der Waals surface area contributed by atoms with Gasteiger partial charge in [0, 0.05) is 15.4 Å². The van der Waals surface area contributed by atoms with Gasteiger partial charge in [0.1, 0.15) is 5.75 Å². The van der Waals surface area contributed by atoms with Crippen molar-refractivity contribution in [2.75, 3.05) is 19.1 Å². The smallest absolute Gasteiger partial charge is 0.311 e. The highest BCUT2D eigenvalue weighted by molar-refractivity contribution is 9.10. The van der Waals surface area contributed by atoms with Gasteiger partial charge in [-0.2, -0.15) is 5.10 Å². The molecule has 23 heavy (non-hydrogen) atoms. The third-order valence-electron chi connectivity index (χ3n) is 2.75. The van der Waals surface area contributed by atoms with Crippen molar-refractivity contribution >= 4 is 44.6 Å². The van der Waals surface area contributed by atoms with E-state index < -0.39 is 0 Å². The van der Waals surface area contributed by atoms with Gasteiger partial charge in [-0.3, -0.25) is 10.2 Å². The number of rotatable bonds is 7. The molecule has 0 aliphatic heterocycles. The topological polar surface area (TPSA) is 72.8 Å². The highest BCUT2D eigenvalue weighted by Crippen LogP contribution is 2.22. The Morgan fingerprint density at radius 3 is 3.04 bits per heavy atom. The minimum atomic E-state index is -0.282. The number of ether oxygens (including phenoxy) is 2. The normalized spacial score (nSPS) is 10.7. The number of halogens is 1. The minimum Gasteiger partial charge on any atom is -0.497 e. The van der Waals surface area contributed by atoms with Gasteiger partial charge in [-0.05, 0) is 41.1 Å². The summed E-state index contributed by atoms with van der Waals surface area (Å²) in [4.78, 5) is 15.7. The first kappa shape index (κ1) is 17.4. The van der Waals surface area contributed by atoms with Gasteiger partial charge >= 0.3 is 5.97 Å². The number of thiazole rings is 1. The molecule has 0 amide bonds. The number of benzene rings is 1. The fraction of sp³-hybridized carbons (Fsp3) is 0.267. The molecule has 0 aliphatic rings. The van der Waals surface area contributed by atoms with Crippen LogP contribution in [0.1, 0.15) is 18.2 Å². The molecule has 0 atom stereocenters. The highest BCUT2D eigenvalue weighted by Gasteiger charge is 2.08. The number of hydrogen-bond donors (Lipinski definition) is 1. The zero-order valence-corrected chi connectivity index (χ0v) is 15.1. The molecule has 2 rings (SSSR count). The number of nitrogens with one attached hydrogen (secondary N) is 1. The van der Waals surface area contributed by atoms with Crippen molar-refractivity contribution in [1.82, 2.24) is 4.98 Å². The van der Waals surface area contributed by atoms with Crippen LogP contribution < -0.4 is 10.2 Å². The summed E-state index contributed by atoms with van der Waals surface area (Å²) in [6, 6.07) is 5.61. The van der Waals surface area contributed by atoms with Crippen molar-refractivity contribution in [3.05, 3.63) is 39.3 Å². The zero-order valence-electron chi connectivity index (χ0n) is 12.7. The molecule has 0 bridgehead atoms. The van der Waals surface area contributed by atoms with E-state index in [1.807, 2.05) is 18.2 Å². The maximum atomic E-state index is 11.4. The fourth-order valence-electron chi connectivity index (χ4n) is 1.70. The Hall–Kier alpha value is -1.93. The van der Waals surface area contributed by atoms with E-state index in [-0.39, 0.29) is 12.4 Å². The van der Waals surface area contributed by atoms with E-state index in [0.29, 0.717) is 17.4 Å². The molecular weight excluding hydrogens is 382 g/mol. The third kappa shape index (κ3) is 5.33. The number of hydrogen-bond acceptors (Lipinski definition) is 7. The first-order valence-corrected chi connectivity index (χ1v) is 8.52. The minimum absolute atomic E-state index is 0.166. The summed E-state index contributed by atoms with van der Waals surface area (Å²) in [5.74, 6) is 0.487. The Labute approximate surface area is 146 Å². The van der Waals surface area contributed by atoms with E-state index in [1.165, 1.54) is 11.3 Å². The number of nitrogens with zero attached hydrogens (tertiary/aromatic N) is 2. The van der Waals surface area contributed by atoms with E-state index in [9.17, 15) is 4.79 Å². The molecule has 0 saturated heterocycles. The summed E-state index contributed by atoms with van der Waals surface area (Å²) in [6.45, 7) is 2.15. The average molecular weight is 398 g/mol. The van der Waals surface area contributed by atoms with Crippen molar-refractivity contribution < 1.29 is 14.3 Å².